The molecule has 0 spiro atoms. The van der Waals surface area contributed by atoms with E-state index in [0.717, 1.165) is 7.11 Å². The van der Waals surface area contributed by atoms with E-state index >= 15 is 0 Å². The van der Waals surface area contributed by atoms with Crippen molar-refractivity contribution < 1.29 is 26.9 Å². The number of nitrogens with zero attached hydrogens (tertiary/aromatic N) is 2. The topological polar surface area (TPSA) is 114 Å². The molecule has 0 radical (unpaired) electrons. The summed E-state index contributed by atoms with van der Waals surface area (Å²) in [6, 6.07) is 6.90. The van der Waals surface area contributed by atoms with Gasteiger partial charge in [0.2, 0.25) is 5.75 Å². The number of carbonyl (C=O) groups excluding carboxylic acids is 1. The van der Waals surface area contributed by atoms with Gasteiger partial charge in [-0.1, -0.05) is 41.1 Å². The van der Waals surface area contributed by atoms with Crippen LogP contribution in [0.2, 0.25) is 0 Å². The molecule has 1 aliphatic heterocycles. The van der Waals surface area contributed by atoms with E-state index in [-0.39, 0.29) is 23.9 Å². The lowest BCUT2D eigenvalue weighted by atomic mass is 10.2. The maximum Gasteiger partial charge on any atom is 0.360 e. The van der Waals surface area contributed by atoms with Gasteiger partial charge in [-0.3, -0.25) is 9.36 Å². The van der Waals surface area contributed by atoms with Gasteiger partial charge >= 0.3 is 16.1 Å². The van der Waals surface area contributed by atoms with E-state index < -0.39 is 44.0 Å². The maximum atomic E-state index is 13.3. The third-order valence-corrected chi connectivity index (χ3v) is 6.31. The number of ether oxygens (including phenoxy) is 2. The zero-order chi connectivity index (χ0) is 21.2. The molecule has 11 heteroatoms. The first-order valence-electron chi connectivity index (χ1n) is 8.76. The monoisotopic (exact) mass is 486 g/mol. The third kappa shape index (κ3) is 4.21. The predicted octanol–water partition coefficient (Wildman–Crippen LogP) is 2.21. The minimum absolute atomic E-state index is 0.163. The van der Waals surface area contributed by atoms with Gasteiger partial charge in [0.25, 0.3) is 5.56 Å². The Kier molecular flexibility index (Phi) is 6.39. The van der Waals surface area contributed by atoms with Crippen LogP contribution >= 0.6 is 15.9 Å². The van der Waals surface area contributed by atoms with Gasteiger partial charge in [-0.2, -0.15) is 8.42 Å². The van der Waals surface area contributed by atoms with Crippen molar-refractivity contribution in [2.24, 2.45) is 0 Å². The van der Waals surface area contributed by atoms with E-state index in [1.54, 1.807) is 6.07 Å². The molecule has 9 nitrogen and oxygen atoms in total. The zero-order valence-corrected chi connectivity index (χ0v) is 18.1. The fourth-order valence-corrected chi connectivity index (χ4v) is 4.39. The summed E-state index contributed by atoms with van der Waals surface area (Å²) >= 11 is 3.40. The Morgan fingerprint density at radius 3 is 2.62 bits per heavy atom. The lowest BCUT2D eigenvalue weighted by Crippen LogP contribution is -2.34. The molecule has 0 saturated heterocycles. The number of fused-ring (bicyclic) bond motifs is 1. The van der Waals surface area contributed by atoms with E-state index in [2.05, 4.69) is 20.9 Å². The summed E-state index contributed by atoms with van der Waals surface area (Å²) in [6.45, 7) is 2.32. The van der Waals surface area contributed by atoms with Crippen LogP contribution in [0.15, 0.2) is 40.0 Å². The van der Waals surface area contributed by atoms with Gasteiger partial charge in [0, 0.05) is 0 Å². The number of esters is 1. The molecule has 0 bridgehead atoms. The van der Waals surface area contributed by atoms with Gasteiger partial charge in [0.15, 0.2) is 5.69 Å². The first-order chi connectivity index (χ1) is 13.8. The molecule has 0 N–H and O–H groups in total. The van der Waals surface area contributed by atoms with Crippen LogP contribution < -0.4 is 9.74 Å². The Labute approximate surface area is 175 Å². The maximum absolute atomic E-state index is 13.3. The molecule has 0 unspecified atom stereocenters. The number of hydrogen-bond donors (Lipinski definition) is 0. The highest BCUT2D eigenvalue weighted by molar-refractivity contribution is 9.09. The Hall–Kier alpha value is -2.24. The van der Waals surface area contributed by atoms with Crippen molar-refractivity contribution in [3.8, 4) is 5.75 Å². The summed E-state index contributed by atoms with van der Waals surface area (Å²) < 4.78 is 42.1. The number of halogens is 1. The van der Waals surface area contributed by atoms with E-state index in [0.29, 0.717) is 6.42 Å². The smallest absolute Gasteiger partial charge is 0.360 e. The van der Waals surface area contributed by atoms with Crippen molar-refractivity contribution in [2.75, 3.05) is 20.3 Å². The first kappa shape index (κ1) is 21.5. The average molecular weight is 487 g/mol. The van der Waals surface area contributed by atoms with Crippen molar-refractivity contribution >= 4 is 32.0 Å². The van der Waals surface area contributed by atoms with E-state index in [1.165, 1.54) is 28.8 Å². The molecule has 156 valence electrons. The number of aromatic nitrogens is 2. The van der Waals surface area contributed by atoms with Gasteiger partial charge in [0.05, 0.1) is 31.2 Å². The Balaban J connectivity index is 2.24. The second-order valence-corrected chi connectivity index (χ2v) is 8.88. The molecule has 29 heavy (non-hydrogen) atoms. The molecule has 1 aliphatic rings. The van der Waals surface area contributed by atoms with E-state index in [9.17, 15) is 18.0 Å². The Morgan fingerprint density at radius 1 is 1.31 bits per heavy atom. The molecule has 0 amide bonds. The van der Waals surface area contributed by atoms with E-state index in [1.807, 2.05) is 6.92 Å². The van der Waals surface area contributed by atoms with Crippen molar-refractivity contribution in [1.29, 1.82) is 0 Å². The second kappa shape index (κ2) is 8.64. The Bertz CT molecular complexity index is 1070. The van der Waals surface area contributed by atoms with Gasteiger partial charge < -0.3 is 13.7 Å². The van der Waals surface area contributed by atoms with Crippen LogP contribution in [-0.2, 0) is 19.6 Å². The average Bonchev–Trinajstić information content (AvgIpc) is 2.88. The van der Waals surface area contributed by atoms with Crippen molar-refractivity contribution in [3.05, 3.63) is 52.2 Å². The van der Waals surface area contributed by atoms with E-state index in [4.69, 9.17) is 13.7 Å². The largest absolute Gasteiger partial charge is 0.464 e. The van der Waals surface area contributed by atoms with Crippen LogP contribution in [0.1, 0.15) is 40.5 Å². The third-order valence-electron chi connectivity index (χ3n) is 4.40. The normalized spacial score (nSPS) is 19.1. The number of hydrogen-bond acceptors (Lipinski definition) is 8. The molecule has 2 aromatic rings. The summed E-state index contributed by atoms with van der Waals surface area (Å²) in [5.41, 5.74) is -1.30. The Morgan fingerprint density at radius 2 is 2.00 bits per heavy atom. The van der Waals surface area contributed by atoms with Crippen LogP contribution in [0.5, 0.6) is 5.75 Å². The zero-order valence-electron chi connectivity index (χ0n) is 15.7. The van der Waals surface area contributed by atoms with Crippen LogP contribution in [0.3, 0.4) is 0 Å². The minimum Gasteiger partial charge on any atom is -0.464 e. The summed E-state index contributed by atoms with van der Waals surface area (Å²) in [7, 11) is -3.27. The number of carbonyl (C=O) groups is 1. The van der Waals surface area contributed by atoms with Crippen LogP contribution in [0, 0.1) is 0 Å². The van der Waals surface area contributed by atoms with Gasteiger partial charge in [-0.25, -0.2) is 9.78 Å². The van der Waals surface area contributed by atoms with Crippen LogP contribution in [0.25, 0.3) is 0 Å². The fraction of sp³-hybridized carbons (Fsp3) is 0.389. The van der Waals surface area contributed by atoms with Gasteiger partial charge in [0.1, 0.15) is 10.7 Å². The van der Waals surface area contributed by atoms with Crippen molar-refractivity contribution in [1.82, 2.24) is 9.55 Å². The highest BCUT2D eigenvalue weighted by Crippen LogP contribution is 2.30. The van der Waals surface area contributed by atoms with Crippen molar-refractivity contribution in [3.63, 3.8) is 0 Å². The molecule has 2 heterocycles. The highest BCUT2D eigenvalue weighted by atomic mass is 79.9. The number of methoxy groups -OCH3 is 1. The highest BCUT2D eigenvalue weighted by Gasteiger charge is 2.33. The van der Waals surface area contributed by atoms with Crippen LogP contribution in [-0.4, -0.2) is 44.3 Å². The fourth-order valence-electron chi connectivity index (χ4n) is 2.92. The SMILES string of the molecule is CC[C@H]1COC[C@@H](Br)c2nc(C(=O)OC)c(OS(=O)(=O)c3ccccc3)c(=O)n21. The molecule has 0 fully saturated rings. The van der Waals surface area contributed by atoms with Crippen LogP contribution in [0.4, 0.5) is 0 Å². The van der Waals surface area contributed by atoms with Gasteiger partial charge in [-0.15, -0.1) is 0 Å². The number of rotatable bonds is 5. The number of benzene rings is 1. The predicted molar refractivity (Wildman–Crippen MR) is 106 cm³/mol. The standard InChI is InChI=1S/C18H19BrN2O7S/c1-3-11-9-27-10-13(19)16-20-14(18(23)26-2)15(17(22)21(11)16)28-29(24,25)12-7-5-4-6-8-12/h4-8,11,13H,3,9-10H2,1-2H3/t11-,13+/m0/s1. The lowest BCUT2D eigenvalue weighted by Gasteiger charge is -2.20. The first-order valence-corrected chi connectivity index (χ1v) is 11.1. The molecular formula is C18H19BrN2O7S. The molecule has 3 rings (SSSR count). The summed E-state index contributed by atoms with van der Waals surface area (Å²) in [6.07, 6.45) is 0.525. The summed E-state index contributed by atoms with van der Waals surface area (Å²) in [5.74, 6) is -1.45. The molecule has 0 aliphatic carbocycles. The van der Waals surface area contributed by atoms with Crippen molar-refractivity contribution in [2.45, 2.75) is 29.1 Å². The second-order valence-electron chi connectivity index (χ2n) is 6.23. The molecule has 0 saturated carbocycles. The minimum atomic E-state index is -4.38. The number of alkyl halides is 1. The molecular weight excluding hydrogens is 468 g/mol. The molecule has 2 atom stereocenters. The molecule has 1 aromatic carbocycles. The van der Waals surface area contributed by atoms with Gasteiger partial charge in [-0.05, 0) is 18.6 Å². The summed E-state index contributed by atoms with van der Waals surface area (Å²) in [4.78, 5) is 29.2. The lowest BCUT2D eigenvalue weighted by molar-refractivity contribution is 0.0590. The molecule has 1 aromatic heterocycles. The summed E-state index contributed by atoms with van der Waals surface area (Å²) in [5, 5.41) is 0. The quantitative estimate of drug-likeness (QED) is 0.359.